The fourth-order valence-electron chi connectivity index (χ4n) is 4.16. The molecule has 2 bridgehead atoms. The van der Waals surface area contributed by atoms with Crippen molar-refractivity contribution in [2.24, 2.45) is 5.92 Å². The van der Waals surface area contributed by atoms with Gasteiger partial charge in [0.25, 0.3) is 5.56 Å². The average molecular weight is 353 g/mol. The van der Waals surface area contributed by atoms with Gasteiger partial charge >= 0.3 is 0 Å². The van der Waals surface area contributed by atoms with E-state index in [2.05, 4.69) is 47.5 Å². The number of hydrogen-bond acceptors (Lipinski definition) is 2. The Kier molecular flexibility index (Phi) is 4.34. The summed E-state index contributed by atoms with van der Waals surface area (Å²) in [6.07, 6.45) is 1.15. The van der Waals surface area contributed by atoms with E-state index >= 15 is 0 Å². The molecule has 1 aromatic carbocycles. The first-order valence-corrected chi connectivity index (χ1v) is 9.33. The summed E-state index contributed by atoms with van der Waals surface area (Å²) in [5.41, 5.74) is 2.52. The predicted molar refractivity (Wildman–Crippen MR) is 104 cm³/mol. The van der Waals surface area contributed by atoms with Gasteiger partial charge in [-0.3, -0.25) is 4.79 Å². The van der Waals surface area contributed by atoms with Crippen molar-refractivity contribution in [1.82, 2.24) is 14.8 Å². The van der Waals surface area contributed by atoms with E-state index < -0.39 is 0 Å². The molecule has 1 N–H and O–H groups in total. The van der Waals surface area contributed by atoms with Crippen LogP contribution in [0, 0.1) is 5.92 Å². The van der Waals surface area contributed by atoms with Crippen molar-refractivity contribution >= 4 is 17.3 Å². The number of thiocarbonyl (C=S) groups is 1. The van der Waals surface area contributed by atoms with Gasteiger partial charge in [0.05, 0.1) is 6.04 Å². The van der Waals surface area contributed by atoms with E-state index in [1.54, 1.807) is 6.07 Å². The lowest BCUT2D eigenvalue weighted by atomic mass is 9.83. The molecule has 4 rings (SSSR count). The second-order valence-corrected chi connectivity index (χ2v) is 7.57. The summed E-state index contributed by atoms with van der Waals surface area (Å²) in [7, 11) is 0. The van der Waals surface area contributed by atoms with Crippen molar-refractivity contribution in [1.29, 1.82) is 0 Å². The van der Waals surface area contributed by atoms with Crippen LogP contribution in [-0.2, 0) is 6.54 Å². The summed E-state index contributed by atoms with van der Waals surface area (Å²) >= 11 is 5.70. The molecule has 2 aliphatic heterocycles. The first-order chi connectivity index (χ1) is 12.1. The van der Waals surface area contributed by atoms with Gasteiger partial charge in [-0.25, -0.2) is 0 Å². The standard InChI is InChI=1S/C20H23N3OS/c1-14(16-6-3-2-4-7-16)21-20(25)22-11-15-10-17(13-22)18-8-5-9-19(24)23(18)12-15/h2-9,14-15,17H,10-13H2,1H3,(H,21,25)/t14?,15-,17-/m0/s1. The summed E-state index contributed by atoms with van der Waals surface area (Å²) < 4.78 is 1.96. The van der Waals surface area contributed by atoms with Gasteiger partial charge in [0, 0.05) is 37.3 Å². The second-order valence-electron chi connectivity index (χ2n) is 7.18. The van der Waals surface area contributed by atoms with Crippen molar-refractivity contribution in [3.8, 4) is 0 Å². The van der Waals surface area contributed by atoms with E-state index in [0.717, 1.165) is 36.9 Å². The Morgan fingerprint density at radius 2 is 1.92 bits per heavy atom. The van der Waals surface area contributed by atoms with Gasteiger partial charge < -0.3 is 14.8 Å². The maximum atomic E-state index is 12.1. The molecule has 0 spiro atoms. The number of likely N-dealkylation sites (tertiary alicyclic amines) is 1. The topological polar surface area (TPSA) is 37.3 Å². The summed E-state index contributed by atoms with van der Waals surface area (Å²) in [5.74, 6) is 0.867. The minimum Gasteiger partial charge on any atom is -0.356 e. The Bertz CT molecular complexity index is 832. The normalized spacial score (nSPS) is 22.8. The summed E-state index contributed by atoms with van der Waals surface area (Å²) in [4.78, 5) is 14.4. The lowest BCUT2D eigenvalue weighted by Gasteiger charge is -2.44. The van der Waals surface area contributed by atoms with Gasteiger partial charge in [0.2, 0.25) is 0 Å². The highest BCUT2D eigenvalue weighted by atomic mass is 32.1. The molecule has 0 amide bonds. The molecule has 3 heterocycles. The Balaban J connectivity index is 1.48. The van der Waals surface area contributed by atoms with Crippen LogP contribution in [0.2, 0.25) is 0 Å². The van der Waals surface area contributed by atoms with Crippen LogP contribution in [0.15, 0.2) is 53.3 Å². The molecule has 2 aliphatic rings. The van der Waals surface area contributed by atoms with Crippen LogP contribution in [0.25, 0.3) is 0 Å². The molecule has 5 heteroatoms. The third-order valence-electron chi connectivity index (χ3n) is 5.41. The first kappa shape index (κ1) is 16.3. The van der Waals surface area contributed by atoms with Crippen LogP contribution in [0.1, 0.15) is 36.6 Å². The van der Waals surface area contributed by atoms with E-state index in [4.69, 9.17) is 12.2 Å². The number of nitrogens with zero attached hydrogens (tertiary/aromatic N) is 2. The SMILES string of the molecule is CC(NC(=S)N1C[C@@H]2C[C@@H](C1)c1cccc(=O)n1C2)c1ccccc1. The second kappa shape index (κ2) is 6.64. The zero-order valence-corrected chi connectivity index (χ0v) is 15.2. The molecule has 1 saturated heterocycles. The lowest BCUT2D eigenvalue weighted by molar-refractivity contribution is 0.176. The molecule has 0 saturated carbocycles. The summed E-state index contributed by atoms with van der Waals surface area (Å²) in [6.45, 7) is 4.75. The molecule has 25 heavy (non-hydrogen) atoms. The highest BCUT2D eigenvalue weighted by Gasteiger charge is 2.35. The van der Waals surface area contributed by atoms with Crippen LogP contribution >= 0.6 is 12.2 Å². The number of fused-ring (bicyclic) bond motifs is 4. The first-order valence-electron chi connectivity index (χ1n) is 8.92. The van der Waals surface area contributed by atoms with Gasteiger partial charge in [-0.2, -0.15) is 0 Å². The number of hydrogen-bond donors (Lipinski definition) is 1. The van der Waals surface area contributed by atoms with Crippen molar-refractivity contribution in [2.45, 2.75) is 31.8 Å². The number of pyridine rings is 1. The van der Waals surface area contributed by atoms with Crippen LogP contribution in [0.5, 0.6) is 0 Å². The molecule has 130 valence electrons. The molecule has 1 unspecified atom stereocenters. The zero-order valence-electron chi connectivity index (χ0n) is 14.4. The third kappa shape index (κ3) is 3.21. The summed E-state index contributed by atoms with van der Waals surface area (Å²) in [6, 6.07) is 16.2. The van der Waals surface area contributed by atoms with Crippen molar-refractivity contribution in [3.63, 3.8) is 0 Å². The van der Waals surface area contributed by atoms with Gasteiger partial charge in [0.15, 0.2) is 5.11 Å². The lowest BCUT2D eigenvalue weighted by Crippen LogP contribution is -2.52. The molecule has 0 aliphatic carbocycles. The average Bonchev–Trinajstić information content (AvgIpc) is 2.63. The fraction of sp³-hybridized carbons (Fsp3) is 0.400. The van der Waals surface area contributed by atoms with Crippen molar-refractivity contribution in [2.75, 3.05) is 13.1 Å². The zero-order chi connectivity index (χ0) is 17.4. The number of nitrogens with one attached hydrogen (secondary N) is 1. The largest absolute Gasteiger partial charge is 0.356 e. The van der Waals surface area contributed by atoms with Gasteiger partial charge in [-0.05, 0) is 43.1 Å². The smallest absolute Gasteiger partial charge is 0.250 e. The van der Waals surface area contributed by atoms with Crippen LogP contribution in [0.3, 0.4) is 0 Å². The van der Waals surface area contributed by atoms with E-state index in [-0.39, 0.29) is 11.6 Å². The number of benzene rings is 1. The Morgan fingerprint density at radius 3 is 2.72 bits per heavy atom. The third-order valence-corrected chi connectivity index (χ3v) is 5.78. The maximum Gasteiger partial charge on any atom is 0.250 e. The van der Waals surface area contributed by atoms with Crippen LogP contribution in [0.4, 0.5) is 0 Å². The molecule has 0 radical (unpaired) electrons. The molecule has 3 atom stereocenters. The number of aromatic nitrogens is 1. The Hall–Kier alpha value is -2.14. The molecule has 2 aromatic rings. The van der Waals surface area contributed by atoms with E-state index in [9.17, 15) is 4.79 Å². The highest BCUT2D eigenvalue weighted by Crippen LogP contribution is 2.35. The molecule has 4 nitrogen and oxygen atoms in total. The molecular formula is C20H23N3OS. The minimum atomic E-state index is 0.124. The Morgan fingerprint density at radius 1 is 1.12 bits per heavy atom. The van der Waals surface area contributed by atoms with Gasteiger partial charge in [-0.1, -0.05) is 36.4 Å². The molecule has 1 aromatic heterocycles. The maximum absolute atomic E-state index is 12.1. The van der Waals surface area contributed by atoms with Crippen LogP contribution in [-0.4, -0.2) is 27.7 Å². The fourth-order valence-corrected chi connectivity index (χ4v) is 4.49. The van der Waals surface area contributed by atoms with E-state index in [1.165, 1.54) is 5.56 Å². The summed E-state index contributed by atoms with van der Waals surface area (Å²) in [5, 5.41) is 4.30. The monoisotopic (exact) mass is 353 g/mol. The van der Waals surface area contributed by atoms with Crippen molar-refractivity contribution in [3.05, 3.63) is 70.1 Å². The number of piperidine rings is 1. The van der Waals surface area contributed by atoms with E-state index in [0.29, 0.717) is 11.8 Å². The van der Waals surface area contributed by atoms with Crippen LogP contribution < -0.4 is 10.9 Å². The molecular weight excluding hydrogens is 330 g/mol. The van der Waals surface area contributed by atoms with Crippen molar-refractivity contribution < 1.29 is 0 Å². The van der Waals surface area contributed by atoms with Gasteiger partial charge in [0.1, 0.15) is 0 Å². The van der Waals surface area contributed by atoms with Gasteiger partial charge in [-0.15, -0.1) is 0 Å². The molecule has 1 fully saturated rings. The Labute approximate surface area is 153 Å². The quantitative estimate of drug-likeness (QED) is 0.843. The number of rotatable bonds is 2. The van der Waals surface area contributed by atoms with E-state index in [1.807, 2.05) is 16.7 Å². The highest BCUT2D eigenvalue weighted by molar-refractivity contribution is 7.80. The minimum absolute atomic E-state index is 0.124. The predicted octanol–water partition coefficient (Wildman–Crippen LogP) is 2.90.